The number of thioether (sulfide) groups is 1. The highest BCUT2D eigenvalue weighted by Crippen LogP contribution is 2.39. The number of amides is 1. The lowest BCUT2D eigenvalue weighted by atomic mass is 9.85. The van der Waals surface area contributed by atoms with E-state index in [0.717, 1.165) is 41.6 Å². The summed E-state index contributed by atoms with van der Waals surface area (Å²) in [6, 6.07) is 7.77. The van der Waals surface area contributed by atoms with Gasteiger partial charge in [-0.3, -0.25) is 9.36 Å². The Labute approximate surface area is 193 Å². The van der Waals surface area contributed by atoms with Gasteiger partial charge in [0.1, 0.15) is 5.75 Å². The van der Waals surface area contributed by atoms with Crippen molar-refractivity contribution in [2.75, 3.05) is 24.4 Å². The van der Waals surface area contributed by atoms with Crippen LogP contribution in [-0.4, -0.2) is 59.5 Å². The number of carbonyl (C=O) groups excluding carboxylic acids is 1. The topological polar surface area (TPSA) is 103 Å². The summed E-state index contributed by atoms with van der Waals surface area (Å²) < 4.78 is 30.8. The molecule has 4 rings (SSSR count). The van der Waals surface area contributed by atoms with Gasteiger partial charge in [-0.15, -0.1) is 10.2 Å². The number of hydrogen-bond donors (Lipinski definition) is 1. The average molecular weight is 479 g/mol. The van der Waals surface area contributed by atoms with Gasteiger partial charge in [-0.05, 0) is 49.4 Å². The second kappa shape index (κ2) is 9.82. The molecule has 2 fully saturated rings. The SMILES string of the molecule is COc1ccc(-c2nnc(SCC(=O)NC3CCS(=O)(=O)C3)n2C2CCCCC2C)cc1. The van der Waals surface area contributed by atoms with E-state index in [1.807, 2.05) is 24.3 Å². The van der Waals surface area contributed by atoms with Gasteiger partial charge >= 0.3 is 0 Å². The number of hydrogen-bond acceptors (Lipinski definition) is 7. The van der Waals surface area contributed by atoms with Gasteiger partial charge in [0.25, 0.3) is 0 Å². The van der Waals surface area contributed by atoms with Crippen molar-refractivity contribution in [2.24, 2.45) is 5.92 Å². The molecule has 2 heterocycles. The summed E-state index contributed by atoms with van der Waals surface area (Å²) in [6.07, 6.45) is 5.09. The number of rotatable bonds is 7. The van der Waals surface area contributed by atoms with E-state index >= 15 is 0 Å². The van der Waals surface area contributed by atoms with E-state index in [2.05, 4.69) is 27.0 Å². The number of nitrogens with zero attached hydrogens (tertiary/aromatic N) is 3. The highest BCUT2D eigenvalue weighted by molar-refractivity contribution is 7.99. The molecule has 2 aliphatic rings. The van der Waals surface area contributed by atoms with Crippen LogP contribution in [-0.2, 0) is 14.6 Å². The summed E-state index contributed by atoms with van der Waals surface area (Å²) in [7, 11) is -1.38. The summed E-state index contributed by atoms with van der Waals surface area (Å²) in [6.45, 7) is 2.27. The van der Waals surface area contributed by atoms with Crippen LogP contribution in [0, 0.1) is 5.92 Å². The highest BCUT2D eigenvalue weighted by atomic mass is 32.2. The Balaban J connectivity index is 1.53. The van der Waals surface area contributed by atoms with Gasteiger partial charge in [-0.1, -0.05) is 31.5 Å². The number of nitrogens with one attached hydrogen (secondary N) is 1. The number of ether oxygens (including phenoxy) is 1. The molecular weight excluding hydrogens is 448 g/mol. The first-order valence-corrected chi connectivity index (χ1v) is 13.9. The minimum Gasteiger partial charge on any atom is -0.497 e. The average Bonchev–Trinajstić information content (AvgIpc) is 3.35. The molecular formula is C22H30N4O4S2. The highest BCUT2D eigenvalue weighted by Gasteiger charge is 2.31. The van der Waals surface area contributed by atoms with Crippen LogP contribution in [0.1, 0.15) is 45.1 Å². The first-order chi connectivity index (χ1) is 15.4. The predicted molar refractivity (Wildman–Crippen MR) is 125 cm³/mol. The number of aromatic nitrogens is 3. The Morgan fingerprint density at radius 1 is 1.19 bits per heavy atom. The number of sulfone groups is 1. The van der Waals surface area contributed by atoms with Crippen molar-refractivity contribution in [2.45, 2.75) is 56.3 Å². The van der Waals surface area contributed by atoms with Crippen molar-refractivity contribution in [3.8, 4) is 17.1 Å². The first-order valence-electron chi connectivity index (χ1n) is 11.1. The van der Waals surface area contributed by atoms with E-state index in [1.165, 1.54) is 18.2 Å². The van der Waals surface area contributed by atoms with Crippen LogP contribution in [0.15, 0.2) is 29.4 Å². The normalized spacial score (nSPS) is 24.9. The maximum Gasteiger partial charge on any atom is 0.230 e. The smallest absolute Gasteiger partial charge is 0.230 e. The van der Waals surface area contributed by atoms with Crippen LogP contribution in [0.25, 0.3) is 11.4 Å². The zero-order chi connectivity index (χ0) is 22.7. The Morgan fingerprint density at radius 2 is 1.94 bits per heavy atom. The summed E-state index contributed by atoms with van der Waals surface area (Å²) in [5, 5.41) is 12.5. The van der Waals surface area contributed by atoms with Gasteiger partial charge in [0.2, 0.25) is 5.91 Å². The summed E-state index contributed by atoms with van der Waals surface area (Å²) in [5.41, 5.74) is 0.962. The molecule has 1 aromatic heterocycles. The van der Waals surface area contributed by atoms with E-state index in [0.29, 0.717) is 12.3 Å². The van der Waals surface area contributed by atoms with Crippen LogP contribution >= 0.6 is 11.8 Å². The van der Waals surface area contributed by atoms with Crippen LogP contribution in [0.3, 0.4) is 0 Å². The Hall–Kier alpha value is -2.07. The van der Waals surface area contributed by atoms with Crippen molar-refractivity contribution >= 4 is 27.5 Å². The van der Waals surface area contributed by atoms with E-state index in [-0.39, 0.29) is 35.2 Å². The molecule has 0 spiro atoms. The van der Waals surface area contributed by atoms with Crippen LogP contribution in [0.5, 0.6) is 5.75 Å². The summed E-state index contributed by atoms with van der Waals surface area (Å²) >= 11 is 1.36. The lowest BCUT2D eigenvalue weighted by Crippen LogP contribution is -2.36. The summed E-state index contributed by atoms with van der Waals surface area (Å²) in [4.78, 5) is 12.5. The number of benzene rings is 1. The third-order valence-electron chi connectivity index (χ3n) is 6.34. The van der Waals surface area contributed by atoms with E-state index in [9.17, 15) is 13.2 Å². The van der Waals surface area contributed by atoms with Gasteiger partial charge < -0.3 is 10.1 Å². The van der Waals surface area contributed by atoms with E-state index in [1.54, 1.807) is 7.11 Å². The van der Waals surface area contributed by atoms with E-state index in [4.69, 9.17) is 4.74 Å². The fourth-order valence-electron chi connectivity index (χ4n) is 4.60. The molecule has 3 unspecified atom stereocenters. The Kier molecular flexibility index (Phi) is 7.09. The Bertz CT molecular complexity index is 1050. The largest absolute Gasteiger partial charge is 0.497 e. The fraction of sp³-hybridized carbons (Fsp3) is 0.591. The summed E-state index contributed by atoms with van der Waals surface area (Å²) in [5.74, 6) is 2.26. The standard InChI is InChI=1S/C22H30N4O4S2/c1-15-5-3-4-6-19(15)26-21(16-7-9-18(30-2)10-8-16)24-25-22(26)31-13-20(27)23-17-11-12-32(28,29)14-17/h7-10,15,17,19H,3-6,11-14H2,1-2H3,(H,23,27). The fourth-order valence-corrected chi connectivity index (χ4v) is 7.08. The quantitative estimate of drug-likeness (QED) is 0.610. The van der Waals surface area contributed by atoms with Crippen molar-refractivity contribution in [1.82, 2.24) is 20.1 Å². The van der Waals surface area contributed by atoms with Crippen molar-refractivity contribution < 1.29 is 17.9 Å². The van der Waals surface area contributed by atoms with Gasteiger partial charge in [-0.25, -0.2) is 8.42 Å². The molecule has 2 aromatic rings. The van der Waals surface area contributed by atoms with Crippen LogP contribution < -0.4 is 10.1 Å². The molecule has 1 aliphatic heterocycles. The van der Waals surface area contributed by atoms with Gasteiger partial charge in [0.05, 0.1) is 24.4 Å². The third kappa shape index (κ3) is 5.28. The zero-order valence-corrected chi connectivity index (χ0v) is 20.1. The lowest BCUT2D eigenvalue weighted by molar-refractivity contribution is -0.119. The minimum absolute atomic E-state index is 0.0286. The molecule has 0 radical (unpaired) electrons. The third-order valence-corrected chi connectivity index (χ3v) is 9.05. The molecule has 1 saturated heterocycles. The van der Waals surface area contributed by atoms with Gasteiger partial charge in [0, 0.05) is 17.6 Å². The lowest BCUT2D eigenvalue weighted by Gasteiger charge is -2.31. The second-order valence-corrected chi connectivity index (χ2v) is 11.9. The molecule has 174 valence electrons. The first kappa shape index (κ1) is 23.1. The number of methoxy groups -OCH3 is 1. The van der Waals surface area contributed by atoms with E-state index < -0.39 is 9.84 Å². The number of carbonyl (C=O) groups is 1. The van der Waals surface area contributed by atoms with Crippen molar-refractivity contribution in [3.63, 3.8) is 0 Å². The zero-order valence-electron chi connectivity index (χ0n) is 18.5. The molecule has 1 aliphatic carbocycles. The molecule has 1 amide bonds. The molecule has 32 heavy (non-hydrogen) atoms. The maximum absolute atomic E-state index is 12.5. The maximum atomic E-state index is 12.5. The minimum atomic E-state index is -3.02. The van der Waals surface area contributed by atoms with Crippen LogP contribution in [0.4, 0.5) is 0 Å². The molecule has 1 N–H and O–H groups in total. The molecule has 3 atom stereocenters. The monoisotopic (exact) mass is 478 g/mol. The van der Waals surface area contributed by atoms with Crippen molar-refractivity contribution in [1.29, 1.82) is 0 Å². The Morgan fingerprint density at radius 3 is 2.59 bits per heavy atom. The van der Waals surface area contributed by atoms with Gasteiger partial charge in [-0.2, -0.15) is 0 Å². The molecule has 1 aromatic carbocycles. The molecule has 10 heteroatoms. The molecule has 8 nitrogen and oxygen atoms in total. The molecule has 0 bridgehead atoms. The second-order valence-electron chi connectivity index (χ2n) is 8.69. The van der Waals surface area contributed by atoms with Crippen molar-refractivity contribution in [3.05, 3.63) is 24.3 Å². The predicted octanol–water partition coefficient (Wildman–Crippen LogP) is 3.10. The van der Waals surface area contributed by atoms with Gasteiger partial charge in [0.15, 0.2) is 20.8 Å². The van der Waals surface area contributed by atoms with Crippen LogP contribution in [0.2, 0.25) is 0 Å². The molecule has 1 saturated carbocycles.